The second-order valence-corrected chi connectivity index (χ2v) is 4.52. The molecule has 2 heterocycles. The van der Waals surface area contributed by atoms with Crippen molar-refractivity contribution < 1.29 is 29.5 Å². The second kappa shape index (κ2) is 9.95. The Bertz CT molecular complexity index is 622. The normalized spacial score (nSPS) is 11.1. The number of ether oxygens (including phenoxy) is 3. The lowest BCUT2D eigenvalue weighted by atomic mass is 10.5. The highest BCUT2D eigenvalue weighted by Gasteiger charge is 2.14. The molecule has 24 heavy (non-hydrogen) atoms. The molecule has 0 spiro atoms. The van der Waals surface area contributed by atoms with Crippen LogP contribution in [0.25, 0.3) is 11.2 Å². The van der Waals surface area contributed by atoms with Gasteiger partial charge < -0.3 is 34.8 Å². The number of hydrogen-bond donors (Lipinski definition) is 4. The number of nitrogens with zero attached hydrogens (tertiary/aromatic N) is 4. The number of aliphatic hydroxyl groups excluding tert-OH is 3. The highest BCUT2D eigenvalue weighted by atomic mass is 16.5. The molecular weight excluding hydrogens is 322 g/mol. The van der Waals surface area contributed by atoms with Gasteiger partial charge in [-0.25, -0.2) is 4.98 Å². The molecule has 0 bridgehead atoms. The summed E-state index contributed by atoms with van der Waals surface area (Å²) in [5.41, 5.74) is 0.901. The molecule has 11 nitrogen and oxygen atoms in total. The van der Waals surface area contributed by atoms with E-state index in [2.05, 4.69) is 20.3 Å². The van der Waals surface area contributed by atoms with Gasteiger partial charge in [-0.15, -0.1) is 0 Å². The first-order chi connectivity index (χ1) is 11.8. The van der Waals surface area contributed by atoms with Crippen molar-refractivity contribution in [1.82, 2.24) is 19.5 Å². The Hall–Kier alpha value is -2.05. The zero-order valence-corrected chi connectivity index (χ0v) is 13.1. The molecule has 0 fully saturated rings. The molecule has 0 saturated carbocycles. The first kappa shape index (κ1) is 18.3. The average Bonchev–Trinajstić information content (AvgIpc) is 3.00. The van der Waals surface area contributed by atoms with Crippen molar-refractivity contribution in [3.05, 3.63) is 6.33 Å². The SMILES string of the molecule is OCCOCNc1nc(OCCO)c2ncn(COCCO)c2n1. The van der Waals surface area contributed by atoms with Crippen LogP contribution < -0.4 is 10.1 Å². The molecule has 0 radical (unpaired) electrons. The van der Waals surface area contributed by atoms with Gasteiger partial charge in [-0.2, -0.15) is 9.97 Å². The van der Waals surface area contributed by atoms with E-state index in [9.17, 15) is 0 Å². The topological polar surface area (TPSA) is 144 Å². The zero-order valence-electron chi connectivity index (χ0n) is 13.1. The minimum atomic E-state index is -0.159. The predicted molar refractivity (Wildman–Crippen MR) is 82.5 cm³/mol. The van der Waals surface area contributed by atoms with Crippen LogP contribution in [-0.4, -0.2) is 81.2 Å². The minimum absolute atomic E-state index is 0.0699. The standard InChI is InChI=1S/C13H21N5O6/c19-1-4-22-8-15-13-16-11-10(12(17-13)24-6-3-21)14-7-18(11)9-23-5-2-20/h7,19-21H,1-6,8-9H2,(H,15,16,17). The molecule has 0 aromatic carbocycles. The lowest BCUT2D eigenvalue weighted by Crippen LogP contribution is -2.13. The van der Waals surface area contributed by atoms with Crippen molar-refractivity contribution in [2.45, 2.75) is 6.73 Å². The molecule has 0 amide bonds. The van der Waals surface area contributed by atoms with Gasteiger partial charge in [-0.1, -0.05) is 0 Å². The van der Waals surface area contributed by atoms with E-state index in [-0.39, 0.29) is 64.9 Å². The summed E-state index contributed by atoms with van der Waals surface area (Å²) in [6.45, 7) is 0.404. The van der Waals surface area contributed by atoms with Crippen LogP contribution in [-0.2, 0) is 16.2 Å². The van der Waals surface area contributed by atoms with Gasteiger partial charge in [0.05, 0.1) is 39.4 Å². The summed E-state index contributed by atoms with van der Waals surface area (Å²) in [5, 5.41) is 29.2. The summed E-state index contributed by atoms with van der Waals surface area (Å²) in [5.74, 6) is 0.469. The van der Waals surface area contributed by atoms with Gasteiger partial charge >= 0.3 is 0 Å². The van der Waals surface area contributed by atoms with E-state index in [1.54, 1.807) is 4.57 Å². The maximum Gasteiger partial charge on any atom is 0.247 e. The van der Waals surface area contributed by atoms with E-state index < -0.39 is 0 Å². The molecule has 2 aromatic rings. The first-order valence-corrected chi connectivity index (χ1v) is 7.37. The van der Waals surface area contributed by atoms with Crippen LogP contribution in [0.4, 0.5) is 5.95 Å². The van der Waals surface area contributed by atoms with Crippen LogP contribution in [0.2, 0.25) is 0 Å². The van der Waals surface area contributed by atoms with Crippen molar-refractivity contribution in [2.24, 2.45) is 0 Å². The number of fused-ring (bicyclic) bond motifs is 1. The Labute approximate surface area is 137 Å². The number of nitrogens with one attached hydrogen (secondary N) is 1. The van der Waals surface area contributed by atoms with Gasteiger partial charge in [-0.3, -0.25) is 4.57 Å². The fourth-order valence-corrected chi connectivity index (χ4v) is 1.81. The van der Waals surface area contributed by atoms with Crippen LogP contribution in [0.1, 0.15) is 0 Å². The summed E-state index contributed by atoms with van der Waals surface area (Å²) in [6.07, 6.45) is 1.52. The molecule has 0 atom stereocenters. The maximum absolute atomic E-state index is 8.92. The van der Waals surface area contributed by atoms with Gasteiger partial charge in [-0.05, 0) is 0 Å². The second-order valence-electron chi connectivity index (χ2n) is 4.52. The smallest absolute Gasteiger partial charge is 0.247 e. The van der Waals surface area contributed by atoms with Crippen molar-refractivity contribution in [3.8, 4) is 5.88 Å². The summed E-state index contributed by atoms with van der Waals surface area (Å²) in [6, 6.07) is 0. The largest absolute Gasteiger partial charge is 0.474 e. The van der Waals surface area contributed by atoms with Crippen molar-refractivity contribution >= 4 is 17.1 Å². The first-order valence-electron chi connectivity index (χ1n) is 7.37. The van der Waals surface area contributed by atoms with Crippen LogP contribution in [0.15, 0.2) is 6.33 Å². The molecule has 11 heteroatoms. The van der Waals surface area contributed by atoms with Gasteiger partial charge in [0, 0.05) is 0 Å². The van der Waals surface area contributed by atoms with E-state index in [1.807, 2.05) is 0 Å². The molecule has 0 aliphatic carbocycles. The van der Waals surface area contributed by atoms with Gasteiger partial charge in [0.25, 0.3) is 0 Å². The third-order valence-electron chi connectivity index (χ3n) is 2.80. The molecule has 4 N–H and O–H groups in total. The van der Waals surface area contributed by atoms with Gasteiger partial charge in [0.1, 0.15) is 20.1 Å². The number of imidazole rings is 1. The number of hydrogen-bond acceptors (Lipinski definition) is 10. The molecule has 0 saturated heterocycles. The summed E-state index contributed by atoms with van der Waals surface area (Å²) in [7, 11) is 0. The summed E-state index contributed by atoms with van der Waals surface area (Å²) < 4.78 is 17.4. The molecule has 134 valence electrons. The molecular formula is C13H21N5O6. The number of rotatable bonds is 12. The number of aromatic nitrogens is 4. The van der Waals surface area contributed by atoms with Crippen molar-refractivity contribution in [1.29, 1.82) is 0 Å². The molecule has 0 unspecified atom stereocenters. The summed E-state index contributed by atoms with van der Waals surface area (Å²) >= 11 is 0. The number of anilines is 1. The molecule has 2 aromatic heterocycles. The Balaban J connectivity index is 2.20. The molecule has 0 aliphatic rings. The fraction of sp³-hybridized carbons (Fsp3) is 0.615. The predicted octanol–water partition coefficient (Wildman–Crippen LogP) is -1.46. The highest BCUT2D eigenvalue weighted by molar-refractivity contribution is 5.77. The Morgan fingerprint density at radius 1 is 1.00 bits per heavy atom. The Kier molecular flexibility index (Phi) is 7.58. The zero-order chi connectivity index (χ0) is 17.2. The van der Waals surface area contributed by atoms with Crippen LogP contribution in [0.5, 0.6) is 5.88 Å². The molecule has 2 rings (SSSR count). The lowest BCUT2D eigenvalue weighted by Gasteiger charge is -2.10. The quantitative estimate of drug-likeness (QED) is 0.266. The van der Waals surface area contributed by atoms with Crippen molar-refractivity contribution in [2.75, 3.05) is 51.7 Å². The van der Waals surface area contributed by atoms with Gasteiger partial charge in [0.15, 0.2) is 11.2 Å². The Morgan fingerprint density at radius 3 is 2.50 bits per heavy atom. The third-order valence-corrected chi connectivity index (χ3v) is 2.80. The van der Waals surface area contributed by atoms with E-state index >= 15 is 0 Å². The fourth-order valence-electron chi connectivity index (χ4n) is 1.81. The van der Waals surface area contributed by atoms with E-state index in [4.69, 9.17) is 29.5 Å². The highest BCUT2D eigenvalue weighted by Crippen LogP contribution is 2.22. The monoisotopic (exact) mass is 343 g/mol. The van der Waals surface area contributed by atoms with Crippen LogP contribution >= 0.6 is 0 Å². The average molecular weight is 343 g/mol. The number of aliphatic hydroxyl groups is 3. The summed E-state index contributed by atoms with van der Waals surface area (Å²) in [4.78, 5) is 12.7. The third kappa shape index (κ3) is 4.97. The van der Waals surface area contributed by atoms with Crippen LogP contribution in [0.3, 0.4) is 0 Å². The lowest BCUT2D eigenvalue weighted by molar-refractivity contribution is 0.0499. The minimum Gasteiger partial charge on any atom is -0.474 e. The van der Waals surface area contributed by atoms with E-state index in [1.165, 1.54) is 6.33 Å². The van der Waals surface area contributed by atoms with E-state index in [0.717, 1.165) is 0 Å². The molecule has 0 aliphatic heterocycles. The van der Waals surface area contributed by atoms with E-state index in [0.29, 0.717) is 11.2 Å². The Morgan fingerprint density at radius 2 is 1.75 bits per heavy atom. The maximum atomic E-state index is 8.92. The van der Waals surface area contributed by atoms with Gasteiger partial charge in [0.2, 0.25) is 11.8 Å². The van der Waals surface area contributed by atoms with Crippen molar-refractivity contribution in [3.63, 3.8) is 0 Å². The van der Waals surface area contributed by atoms with Crippen LogP contribution in [0, 0.1) is 0 Å².